The highest BCUT2D eigenvalue weighted by Gasteiger charge is 2.34. The van der Waals surface area contributed by atoms with Crippen LogP contribution in [0.4, 0.5) is 17.6 Å². The summed E-state index contributed by atoms with van der Waals surface area (Å²) in [6.07, 6.45) is -8.05. The molecular weight excluding hydrogens is 346 g/mol. The predicted octanol–water partition coefficient (Wildman–Crippen LogP) is 3.33. The number of alkyl halides is 4. The zero-order valence-corrected chi connectivity index (χ0v) is 12.7. The minimum absolute atomic E-state index is 0.597. The summed E-state index contributed by atoms with van der Waals surface area (Å²) in [5.74, 6) is -3.41. The molecule has 0 amide bonds. The summed E-state index contributed by atoms with van der Waals surface area (Å²) in [4.78, 5) is 0. The summed E-state index contributed by atoms with van der Waals surface area (Å²) in [5.41, 5.74) is 0. The lowest BCUT2D eigenvalue weighted by atomic mass is 10.2. The molecule has 0 aliphatic carbocycles. The van der Waals surface area contributed by atoms with Gasteiger partial charge in [-0.05, 0) is 0 Å². The molecule has 2 unspecified atom stereocenters. The second kappa shape index (κ2) is 9.89. The Morgan fingerprint density at radius 3 is 1.81 bits per heavy atom. The van der Waals surface area contributed by atoms with Crippen molar-refractivity contribution in [1.29, 1.82) is 0 Å². The highest BCUT2D eigenvalue weighted by molar-refractivity contribution is 7.39. The van der Waals surface area contributed by atoms with Crippen LogP contribution in [0, 0.1) is 0 Å². The fraction of sp³-hybridized carbons (Fsp3) is 1.00. The lowest BCUT2D eigenvalue weighted by molar-refractivity contribution is -0.245. The van der Waals surface area contributed by atoms with E-state index in [9.17, 15) is 26.7 Å². The second-order valence-electron chi connectivity index (χ2n) is 4.02. The van der Waals surface area contributed by atoms with Crippen molar-refractivity contribution in [3.8, 4) is 0 Å². The summed E-state index contributed by atoms with van der Waals surface area (Å²) < 4.78 is 84.4. The molecule has 0 spiro atoms. The van der Waals surface area contributed by atoms with Gasteiger partial charge in [-0.2, -0.15) is 18.1 Å². The van der Waals surface area contributed by atoms with Crippen LogP contribution in [0.15, 0.2) is 0 Å². The largest absolute Gasteiger partial charge is 0.356 e. The van der Waals surface area contributed by atoms with Gasteiger partial charge in [0.15, 0.2) is 0 Å². The standard InChI is InChI=1S/C8H16F4O7P2/c9-7(10,2-5-20(15)18-13)1-4-17-8(11,12)3-6-21(16)19-14/h13-14,20-21H,1-6H2. The molecule has 0 aromatic carbocycles. The molecule has 0 fully saturated rings. The molecule has 0 rings (SSSR count). The van der Waals surface area contributed by atoms with Crippen LogP contribution in [0.5, 0.6) is 0 Å². The van der Waals surface area contributed by atoms with Gasteiger partial charge in [0.25, 0.3) is 5.92 Å². The van der Waals surface area contributed by atoms with Crippen molar-refractivity contribution >= 4 is 16.1 Å². The third kappa shape index (κ3) is 11.2. The molecule has 21 heavy (non-hydrogen) atoms. The van der Waals surface area contributed by atoms with Gasteiger partial charge in [-0.3, -0.25) is 9.13 Å². The van der Waals surface area contributed by atoms with Crippen molar-refractivity contribution in [3.05, 3.63) is 0 Å². The van der Waals surface area contributed by atoms with Crippen LogP contribution in [0.1, 0.15) is 19.3 Å². The lowest BCUT2D eigenvalue weighted by Crippen LogP contribution is -2.26. The molecule has 0 saturated heterocycles. The monoisotopic (exact) mass is 362 g/mol. The zero-order valence-electron chi connectivity index (χ0n) is 10.7. The number of hydrogen-bond donors (Lipinski definition) is 2. The Bertz CT molecular complexity index is 324. The first-order valence-electron chi connectivity index (χ1n) is 5.70. The second-order valence-corrected chi connectivity index (χ2v) is 6.87. The van der Waals surface area contributed by atoms with Crippen LogP contribution >= 0.6 is 16.1 Å². The first kappa shape index (κ1) is 21.0. The maximum absolute atomic E-state index is 13.2. The Labute approximate surface area is 118 Å². The highest BCUT2D eigenvalue weighted by Crippen LogP contribution is 2.32. The molecule has 0 bridgehead atoms. The van der Waals surface area contributed by atoms with E-state index in [0.29, 0.717) is 0 Å². The summed E-state index contributed by atoms with van der Waals surface area (Å²) >= 11 is 0. The van der Waals surface area contributed by atoms with E-state index in [0.717, 1.165) is 0 Å². The van der Waals surface area contributed by atoms with Crippen LogP contribution in [0.2, 0.25) is 0 Å². The molecule has 2 N–H and O–H groups in total. The molecule has 0 radical (unpaired) electrons. The highest BCUT2D eigenvalue weighted by atomic mass is 31.1. The minimum atomic E-state index is -3.78. The predicted molar refractivity (Wildman–Crippen MR) is 64.9 cm³/mol. The van der Waals surface area contributed by atoms with Gasteiger partial charge in [0, 0.05) is 31.6 Å². The normalized spacial score (nSPS) is 15.9. The fourth-order valence-electron chi connectivity index (χ4n) is 1.17. The van der Waals surface area contributed by atoms with E-state index >= 15 is 0 Å². The van der Waals surface area contributed by atoms with Crippen LogP contribution < -0.4 is 0 Å². The molecule has 0 aromatic heterocycles. The van der Waals surface area contributed by atoms with E-state index in [1.165, 1.54) is 0 Å². The SMILES string of the molecule is O=[PH](CCC(F)(F)CCOC(F)(F)CC[PH](=O)OO)OO. The van der Waals surface area contributed by atoms with E-state index in [2.05, 4.69) is 14.1 Å². The van der Waals surface area contributed by atoms with Gasteiger partial charge in [-0.1, -0.05) is 0 Å². The number of rotatable bonds is 12. The summed E-state index contributed by atoms with van der Waals surface area (Å²) in [6.45, 7) is -0.984. The zero-order chi connectivity index (χ0) is 16.5. The van der Waals surface area contributed by atoms with Gasteiger partial charge >= 0.3 is 6.11 Å². The number of hydrogen-bond acceptors (Lipinski definition) is 7. The first-order valence-corrected chi connectivity index (χ1v) is 8.75. The quantitative estimate of drug-likeness (QED) is 0.238. The molecule has 128 valence electrons. The summed E-state index contributed by atoms with van der Waals surface area (Å²) in [5, 5.41) is 15.9. The number of ether oxygens (including phenoxy) is 1. The minimum Gasteiger partial charge on any atom is -0.320 e. The molecule has 7 nitrogen and oxygen atoms in total. The molecule has 13 heteroatoms. The van der Waals surface area contributed by atoms with Crippen molar-refractivity contribution < 1.29 is 51.3 Å². The van der Waals surface area contributed by atoms with Crippen molar-refractivity contribution in [2.24, 2.45) is 0 Å². The molecule has 0 aliphatic heterocycles. The average molecular weight is 362 g/mol. The van der Waals surface area contributed by atoms with Crippen LogP contribution in [0.3, 0.4) is 0 Å². The molecule has 0 aromatic rings. The topological polar surface area (TPSA) is 102 Å². The maximum atomic E-state index is 13.2. The number of halogens is 4. The van der Waals surface area contributed by atoms with E-state index in [1.54, 1.807) is 0 Å². The van der Waals surface area contributed by atoms with Crippen LogP contribution in [-0.2, 0) is 23.2 Å². The van der Waals surface area contributed by atoms with Crippen LogP contribution in [0.25, 0.3) is 0 Å². The van der Waals surface area contributed by atoms with Gasteiger partial charge in [0.2, 0.25) is 16.1 Å². The summed E-state index contributed by atoms with van der Waals surface area (Å²) in [7, 11) is -5.97. The van der Waals surface area contributed by atoms with E-state index in [4.69, 9.17) is 10.5 Å². The Hall–Kier alpha value is -0.0200. The van der Waals surface area contributed by atoms with E-state index in [1.807, 2.05) is 0 Å². The van der Waals surface area contributed by atoms with Gasteiger partial charge in [-0.25, -0.2) is 19.3 Å². The third-order valence-electron chi connectivity index (χ3n) is 2.30. The lowest BCUT2D eigenvalue weighted by Gasteiger charge is -2.19. The molecule has 0 heterocycles. The smallest absolute Gasteiger partial charge is 0.320 e. The molecule has 0 saturated carbocycles. The Kier molecular flexibility index (Phi) is 9.88. The maximum Gasteiger partial charge on any atom is 0.356 e. The van der Waals surface area contributed by atoms with Crippen LogP contribution in [-0.4, -0.2) is 41.5 Å². The Balaban J connectivity index is 4.03. The molecular formula is C8H16F4O7P2. The van der Waals surface area contributed by atoms with Gasteiger partial charge in [-0.15, -0.1) is 0 Å². The van der Waals surface area contributed by atoms with Gasteiger partial charge in [0.1, 0.15) is 0 Å². The fourth-order valence-corrected chi connectivity index (χ4v) is 2.42. The van der Waals surface area contributed by atoms with Gasteiger partial charge < -0.3 is 4.74 Å². The average Bonchev–Trinajstić information content (AvgIpc) is 2.41. The van der Waals surface area contributed by atoms with Gasteiger partial charge in [0.05, 0.1) is 6.61 Å². The van der Waals surface area contributed by atoms with E-state index < -0.39 is 66.3 Å². The first-order chi connectivity index (χ1) is 9.62. The van der Waals surface area contributed by atoms with Crippen molar-refractivity contribution in [2.75, 3.05) is 18.9 Å². The Morgan fingerprint density at radius 1 is 0.857 bits per heavy atom. The van der Waals surface area contributed by atoms with Crippen molar-refractivity contribution in [2.45, 2.75) is 31.3 Å². The van der Waals surface area contributed by atoms with Crippen molar-refractivity contribution in [3.63, 3.8) is 0 Å². The summed E-state index contributed by atoms with van der Waals surface area (Å²) in [6, 6.07) is 0. The third-order valence-corrected chi connectivity index (χ3v) is 4.02. The molecule has 0 aliphatic rings. The Morgan fingerprint density at radius 2 is 1.33 bits per heavy atom. The van der Waals surface area contributed by atoms with E-state index in [-0.39, 0.29) is 0 Å². The van der Waals surface area contributed by atoms with Crippen molar-refractivity contribution in [1.82, 2.24) is 0 Å². The molecule has 2 atom stereocenters.